The van der Waals surface area contributed by atoms with Crippen LogP contribution in [0.4, 0.5) is 11.8 Å². The second-order valence-corrected chi connectivity index (χ2v) is 5.79. The molecule has 0 aromatic carbocycles. The molecular formula is C14H24N6O. The molecular weight excluding hydrogens is 268 g/mol. The number of H-pyrrole nitrogens is 1. The van der Waals surface area contributed by atoms with Crippen molar-refractivity contribution < 1.29 is 4.74 Å². The quantitative estimate of drug-likeness (QED) is 0.691. The molecule has 0 atom stereocenters. The fraction of sp³-hybridized carbons (Fsp3) is 0.643. The monoisotopic (exact) mass is 292 g/mol. The van der Waals surface area contributed by atoms with Gasteiger partial charge in [0.25, 0.3) is 0 Å². The lowest BCUT2D eigenvalue weighted by Gasteiger charge is -2.25. The van der Waals surface area contributed by atoms with Crippen molar-refractivity contribution in [1.82, 2.24) is 19.9 Å². The van der Waals surface area contributed by atoms with E-state index in [2.05, 4.69) is 44.4 Å². The molecule has 2 rings (SSSR count). The van der Waals surface area contributed by atoms with Crippen molar-refractivity contribution >= 4 is 22.9 Å². The molecule has 0 aliphatic heterocycles. The van der Waals surface area contributed by atoms with Gasteiger partial charge in [0, 0.05) is 26.8 Å². The first kappa shape index (κ1) is 15.5. The van der Waals surface area contributed by atoms with Gasteiger partial charge in [-0.05, 0) is 18.8 Å². The molecule has 0 aliphatic carbocycles. The Bertz CT molecular complexity index is 580. The highest BCUT2D eigenvalue weighted by Gasteiger charge is 2.19. The predicted octanol–water partition coefficient (Wildman–Crippen LogP) is 2.26. The maximum absolute atomic E-state index is 5.16. The van der Waals surface area contributed by atoms with Crippen LogP contribution in [0.1, 0.15) is 27.2 Å². The maximum atomic E-state index is 5.16. The van der Waals surface area contributed by atoms with E-state index in [4.69, 9.17) is 4.74 Å². The maximum Gasteiger partial charge on any atom is 0.226 e. The van der Waals surface area contributed by atoms with E-state index in [0.29, 0.717) is 11.6 Å². The van der Waals surface area contributed by atoms with E-state index in [9.17, 15) is 0 Å². The Morgan fingerprint density at radius 3 is 2.81 bits per heavy atom. The number of hydrogen-bond donors (Lipinski definition) is 3. The topological polar surface area (TPSA) is 87.8 Å². The van der Waals surface area contributed by atoms with Crippen molar-refractivity contribution in [2.75, 3.05) is 37.4 Å². The van der Waals surface area contributed by atoms with Gasteiger partial charge in [0.15, 0.2) is 11.5 Å². The fourth-order valence-electron chi connectivity index (χ4n) is 1.99. The summed E-state index contributed by atoms with van der Waals surface area (Å²) in [5, 5.41) is 6.53. The normalized spacial score (nSPS) is 11.8. The summed E-state index contributed by atoms with van der Waals surface area (Å²) in [6.07, 6.45) is 2.62. The van der Waals surface area contributed by atoms with Crippen LogP contribution >= 0.6 is 0 Å². The Morgan fingerprint density at radius 1 is 1.29 bits per heavy atom. The first-order chi connectivity index (χ1) is 10.1. The van der Waals surface area contributed by atoms with Crippen LogP contribution in [0.2, 0.25) is 0 Å². The Hall–Kier alpha value is -1.89. The van der Waals surface area contributed by atoms with Crippen LogP contribution in [0.15, 0.2) is 6.33 Å². The Kier molecular flexibility index (Phi) is 4.95. The van der Waals surface area contributed by atoms with Crippen molar-refractivity contribution in [2.24, 2.45) is 5.41 Å². The molecule has 0 saturated carbocycles. The van der Waals surface area contributed by atoms with E-state index in [0.717, 1.165) is 37.5 Å². The van der Waals surface area contributed by atoms with Crippen molar-refractivity contribution in [3.05, 3.63) is 6.33 Å². The van der Waals surface area contributed by atoms with Gasteiger partial charge in [0.05, 0.1) is 6.33 Å². The lowest BCUT2D eigenvalue weighted by molar-refractivity contribution is 0.157. The number of nitrogens with one attached hydrogen (secondary N) is 3. The molecule has 0 spiro atoms. The van der Waals surface area contributed by atoms with Gasteiger partial charge >= 0.3 is 0 Å². The molecule has 2 heterocycles. The highest BCUT2D eigenvalue weighted by molar-refractivity contribution is 5.83. The van der Waals surface area contributed by atoms with E-state index in [1.54, 1.807) is 13.4 Å². The minimum Gasteiger partial charge on any atom is -0.385 e. The summed E-state index contributed by atoms with van der Waals surface area (Å²) < 4.78 is 5.16. The van der Waals surface area contributed by atoms with Crippen LogP contribution in [0, 0.1) is 5.41 Å². The zero-order valence-electron chi connectivity index (χ0n) is 13.2. The number of methoxy groups -OCH3 is 1. The van der Waals surface area contributed by atoms with Crippen LogP contribution in [0.25, 0.3) is 11.2 Å². The third kappa shape index (κ3) is 4.04. The average molecular weight is 292 g/mol. The Morgan fingerprint density at radius 2 is 2.10 bits per heavy atom. The molecule has 116 valence electrons. The number of hydrogen-bond acceptors (Lipinski definition) is 6. The van der Waals surface area contributed by atoms with Gasteiger partial charge in [0.2, 0.25) is 5.95 Å². The number of imidazole rings is 1. The third-order valence-electron chi connectivity index (χ3n) is 3.34. The SMILES string of the molecule is CCNc1nc(NCC(C)(C)CCOC)c2[nH]cnc2n1. The second-order valence-electron chi connectivity index (χ2n) is 5.79. The molecule has 2 aromatic heterocycles. The highest BCUT2D eigenvalue weighted by atomic mass is 16.5. The van der Waals surface area contributed by atoms with Crippen LogP contribution in [0.3, 0.4) is 0 Å². The van der Waals surface area contributed by atoms with Crippen molar-refractivity contribution in [3.63, 3.8) is 0 Å². The molecule has 7 heteroatoms. The zero-order valence-corrected chi connectivity index (χ0v) is 13.2. The minimum atomic E-state index is 0.117. The molecule has 3 N–H and O–H groups in total. The van der Waals surface area contributed by atoms with Gasteiger partial charge in [-0.3, -0.25) is 0 Å². The number of ether oxygens (including phenoxy) is 1. The molecule has 7 nitrogen and oxygen atoms in total. The van der Waals surface area contributed by atoms with Crippen LogP contribution in [0.5, 0.6) is 0 Å². The predicted molar refractivity (Wildman–Crippen MR) is 84.6 cm³/mol. The first-order valence-electron chi connectivity index (χ1n) is 7.23. The van der Waals surface area contributed by atoms with Crippen molar-refractivity contribution in [3.8, 4) is 0 Å². The number of aromatic amines is 1. The molecule has 0 amide bonds. The van der Waals surface area contributed by atoms with Gasteiger partial charge in [-0.2, -0.15) is 9.97 Å². The number of rotatable bonds is 8. The smallest absolute Gasteiger partial charge is 0.226 e. The van der Waals surface area contributed by atoms with Crippen LogP contribution < -0.4 is 10.6 Å². The summed E-state index contributed by atoms with van der Waals surface area (Å²) in [5.74, 6) is 1.37. The number of nitrogens with zero attached hydrogens (tertiary/aromatic N) is 3. The summed E-state index contributed by atoms with van der Waals surface area (Å²) in [7, 11) is 1.73. The minimum absolute atomic E-state index is 0.117. The molecule has 0 saturated heterocycles. The van der Waals surface area contributed by atoms with E-state index < -0.39 is 0 Å². The van der Waals surface area contributed by atoms with Gasteiger partial charge in [0.1, 0.15) is 5.52 Å². The van der Waals surface area contributed by atoms with Crippen molar-refractivity contribution in [2.45, 2.75) is 27.2 Å². The van der Waals surface area contributed by atoms with Gasteiger partial charge in [-0.15, -0.1) is 0 Å². The summed E-state index contributed by atoms with van der Waals surface area (Å²) in [5.41, 5.74) is 1.61. The molecule has 0 bridgehead atoms. The standard InChI is InChI=1S/C14H24N6O/c1-5-15-13-19-11(10-12(20-13)18-9-17-10)16-8-14(2,3)6-7-21-4/h9H,5-8H2,1-4H3,(H3,15,16,17,18,19,20). The summed E-state index contributed by atoms with van der Waals surface area (Å²) in [6.45, 7) is 8.74. The number of aromatic nitrogens is 4. The highest BCUT2D eigenvalue weighted by Crippen LogP contribution is 2.23. The lowest BCUT2D eigenvalue weighted by Crippen LogP contribution is -2.25. The van der Waals surface area contributed by atoms with Crippen LogP contribution in [-0.4, -0.2) is 46.7 Å². The molecule has 0 fully saturated rings. The molecule has 21 heavy (non-hydrogen) atoms. The summed E-state index contributed by atoms with van der Waals surface area (Å²) in [4.78, 5) is 16.2. The molecule has 0 radical (unpaired) electrons. The van der Waals surface area contributed by atoms with Crippen LogP contribution in [-0.2, 0) is 4.74 Å². The number of anilines is 2. The van der Waals surface area contributed by atoms with E-state index in [1.165, 1.54) is 0 Å². The third-order valence-corrected chi connectivity index (χ3v) is 3.34. The Balaban J connectivity index is 2.15. The largest absolute Gasteiger partial charge is 0.385 e. The number of fused-ring (bicyclic) bond motifs is 1. The fourth-order valence-corrected chi connectivity index (χ4v) is 1.99. The second kappa shape index (κ2) is 6.71. The van der Waals surface area contributed by atoms with Gasteiger partial charge in [-0.25, -0.2) is 4.98 Å². The molecule has 0 aliphatic rings. The van der Waals surface area contributed by atoms with E-state index >= 15 is 0 Å². The first-order valence-corrected chi connectivity index (χ1v) is 7.23. The summed E-state index contributed by atoms with van der Waals surface area (Å²) >= 11 is 0. The van der Waals surface area contributed by atoms with Crippen molar-refractivity contribution in [1.29, 1.82) is 0 Å². The Labute approximate surface area is 124 Å². The van der Waals surface area contributed by atoms with Gasteiger partial charge in [-0.1, -0.05) is 13.8 Å². The van der Waals surface area contributed by atoms with Gasteiger partial charge < -0.3 is 20.4 Å². The summed E-state index contributed by atoms with van der Waals surface area (Å²) in [6, 6.07) is 0. The molecule has 0 unspecified atom stereocenters. The van der Waals surface area contributed by atoms with E-state index in [-0.39, 0.29) is 5.41 Å². The van der Waals surface area contributed by atoms with E-state index in [1.807, 2.05) is 6.92 Å². The lowest BCUT2D eigenvalue weighted by atomic mass is 9.90. The average Bonchev–Trinajstić information content (AvgIpc) is 2.91. The zero-order chi connectivity index (χ0) is 15.3. The molecule has 2 aromatic rings.